The Morgan fingerprint density at radius 3 is 2.72 bits per heavy atom. The van der Waals surface area contributed by atoms with Crippen molar-refractivity contribution in [1.29, 1.82) is 0 Å². The maximum atomic E-state index is 12.4. The number of hydrogen-bond acceptors (Lipinski definition) is 6. The van der Waals surface area contributed by atoms with Gasteiger partial charge in [0.1, 0.15) is 11.6 Å². The number of aromatic nitrogens is 1. The van der Waals surface area contributed by atoms with Crippen LogP contribution in [0.4, 0.5) is 0 Å². The number of carbonyl (C=O) groups is 2. The van der Waals surface area contributed by atoms with E-state index in [0.29, 0.717) is 42.4 Å². The van der Waals surface area contributed by atoms with Crippen LogP contribution in [0.5, 0.6) is 0 Å². The number of ether oxygens (including phenoxy) is 1. The third-order valence-corrected chi connectivity index (χ3v) is 6.12. The molecule has 0 saturated carbocycles. The Kier molecular flexibility index (Phi) is 5.97. The first-order valence-electron chi connectivity index (χ1n) is 9.30. The van der Waals surface area contributed by atoms with Crippen LogP contribution in [-0.2, 0) is 16.1 Å². The number of esters is 1. The third-order valence-electron chi connectivity index (χ3n) is 4.87. The number of thiazole rings is 1. The molecule has 0 aliphatic carbocycles. The van der Waals surface area contributed by atoms with Crippen molar-refractivity contribution in [2.24, 2.45) is 5.92 Å². The molecule has 0 N–H and O–H groups in total. The predicted molar refractivity (Wildman–Crippen MR) is 110 cm³/mol. The fourth-order valence-corrected chi connectivity index (χ4v) is 4.39. The first-order chi connectivity index (χ1) is 14.1. The normalized spacial score (nSPS) is 14.7. The van der Waals surface area contributed by atoms with Crippen LogP contribution in [0.2, 0.25) is 5.02 Å². The van der Waals surface area contributed by atoms with E-state index in [2.05, 4.69) is 4.98 Å². The van der Waals surface area contributed by atoms with Crippen molar-refractivity contribution in [1.82, 2.24) is 9.88 Å². The zero-order valence-corrected chi connectivity index (χ0v) is 17.1. The number of benzene rings is 1. The molecular formula is C21H19ClN2O4S. The van der Waals surface area contributed by atoms with Crippen LogP contribution in [0.1, 0.15) is 29.1 Å². The average Bonchev–Trinajstić information content (AvgIpc) is 3.44. The second-order valence-corrected chi connectivity index (χ2v) is 8.04. The molecular weight excluding hydrogens is 412 g/mol. The lowest BCUT2D eigenvalue weighted by Gasteiger charge is -2.30. The minimum atomic E-state index is -0.248. The molecule has 150 valence electrons. The van der Waals surface area contributed by atoms with E-state index in [-0.39, 0.29) is 24.4 Å². The summed E-state index contributed by atoms with van der Waals surface area (Å²) >= 11 is 7.68. The van der Waals surface area contributed by atoms with Gasteiger partial charge in [0.2, 0.25) is 0 Å². The van der Waals surface area contributed by atoms with Crippen molar-refractivity contribution < 1.29 is 18.7 Å². The monoisotopic (exact) mass is 430 g/mol. The highest BCUT2D eigenvalue weighted by Crippen LogP contribution is 2.30. The zero-order chi connectivity index (χ0) is 20.2. The molecule has 4 rings (SSSR count). The van der Waals surface area contributed by atoms with Gasteiger partial charge in [0.25, 0.3) is 5.91 Å². The minimum absolute atomic E-state index is 0.130. The van der Waals surface area contributed by atoms with Gasteiger partial charge in [-0.05, 0) is 31.0 Å². The van der Waals surface area contributed by atoms with E-state index in [1.165, 1.54) is 17.6 Å². The van der Waals surface area contributed by atoms with Gasteiger partial charge in [-0.15, -0.1) is 11.3 Å². The van der Waals surface area contributed by atoms with Crippen LogP contribution in [0.15, 0.2) is 52.5 Å². The largest absolute Gasteiger partial charge is 0.459 e. The van der Waals surface area contributed by atoms with E-state index >= 15 is 0 Å². The Balaban J connectivity index is 1.28. The fourth-order valence-electron chi connectivity index (χ4n) is 3.27. The van der Waals surface area contributed by atoms with Crippen molar-refractivity contribution >= 4 is 34.8 Å². The Hall–Kier alpha value is -2.64. The summed E-state index contributed by atoms with van der Waals surface area (Å²) in [4.78, 5) is 30.9. The molecule has 0 bridgehead atoms. The number of piperidine rings is 1. The lowest BCUT2D eigenvalue weighted by Crippen LogP contribution is -2.40. The maximum absolute atomic E-state index is 12.4. The van der Waals surface area contributed by atoms with Crippen LogP contribution in [0.3, 0.4) is 0 Å². The molecule has 6 nitrogen and oxygen atoms in total. The van der Waals surface area contributed by atoms with Gasteiger partial charge in [-0.3, -0.25) is 9.59 Å². The highest BCUT2D eigenvalue weighted by atomic mass is 35.5. The van der Waals surface area contributed by atoms with Gasteiger partial charge in [0, 0.05) is 24.0 Å². The Morgan fingerprint density at radius 2 is 2.00 bits per heavy atom. The van der Waals surface area contributed by atoms with Gasteiger partial charge in [0.15, 0.2) is 5.76 Å². The summed E-state index contributed by atoms with van der Waals surface area (Å²) in [5.41, 5.74) is 1.56. The minimum Gasteiger partial charge on any atom is -0.459 e. The van der Waals surface area contributed by atoms with Crippen molar-refractivity contribution in [2.75, 3.05) is 13.1 Å². The first kappa shape index (κ1) is 19.7. The topological polar surface area (TPSA) is 72.6 Å². The Morgan fingerprint density at radius 1 is 1.21 bits per heavy atom. The van der Waals surface area contributed by atoms with Crippen LogP contribution in [0, 0.1) is 5.92 Å². The lowest BCUT2D eigenvalue weighted by molar-refractivity contribution is -0.151. The standard InChI is InChI=1S/C21H19ClN2O4S/c22-17-5-2-1-4-16(17)19-23-15(13-29-19)12-28-21(26)14-7-9-24(10-8-14)20(25)18-6-3-11-27-18/h1-6,11,13-14H,7-10,12H2. The van der Waals surface area contributed by atoms with E-state index in [0.717, 1.165) is 10.6 Å². The number of furan rings is 1. The van der Waals surface area contributed by atoms with E-state index in [1.54, 1.807) is 17.0 Å². The summed E-state index contributed by atoms with van der Waals surface area (Å²) in [6.45, 7) is 1.14. The molecule has 29 heavy (non-hydrogen) atoms. The van der Waals surface area contributed by atoms with Gasteiger partial charge in [-0.1, -0.05) is 29.8 Å². The quantitative estimate of drug-likeness (QED) is 0.551. The first-order valence-corrected chi connectivity index (χ1v) is 10.6. The number of carbonyl (C=O) groups excluding carboxylic acids is 2. The molecule has 1 amide bonds. The molecule has 8 heteroatoms. The third kappa shape index (κ3) is 4.52. The Labute approximate surface area is 177 Å². The predicted octanol–water partition coefficient (Wildman–Crippen LogP) is 4.65. The molecule has 0 atom stereocenters. The van der Waals surface area contributed by atoms with Crippen molar-refractivity contribution in [3.05, 3.63) is 64.5 Å². The molecule has 1 fully saturated rings. The molecule has 0 radical (unpaired) electrons. The molecule has 1 aromatic carbocycles. The van der Waals surface area contributed by atoms with Crippen molar-refractivity contribution in [2.45, 2.75) is 19.4 Å². The van der Waals surface area contributed by atoms with Crippen LogP contribution in [0.25, 0.3) is 10.6 Å². The molecule has 3 heterocycles. The van der Waals surface area contributed by atoms with Gasteiger partial charge < -0.3 is 14.1 Å². The highest BCUT2D eigenvalue weighted by Gasteiger charge is 2.29. The number of hydrogen-bond donors (Lipinski definition) is 0. The van der Waals surface area contributed by atoms with Crippen molar-refractivity contribution in [3.8, 4) is 10.6 Å². The number of halogens is 1. The summed E-state index contributed by atoms with van der Waals surface area (Å²) in [6.07, 6.45) is 2.63. The summed E-state index contributed by atoms with van der Waals surface area (Å²) < 4.78 is 10.6. The van der Waals surface area contributed by atoms with Crippen molar-refractivity contribution in [3.63, 3.8) is 0 Å². The van der Waals surface area contributed by atoms with E-state index in [1.807, 2.05) is 29.6 Å². The van der Waals surface area contributed by atoms with Crippen LogP contribution in [-0.4, -0.2) is 34.8 Å². The summed E-state index contributed by atoms with van der Waals surface area (Å²) in [6, 6.07) is 10.8. The summed E-state index contributed by atoms with van der Waals surface area (Å²) in [5, 5.41) is 3.31. The van der Waals surface area contributed by atoms with Gasteiger partial charge >= 0.3 is 5.97 Å². The summed E-state index contributed by atoms with van der Waals surface area (Å²) in [7, 11) is 0. The fraction of sp³-hybridized carbons (Fsp3) is 0.286. The van der Waals surface area contributed by atoms with Crippen LogP contribution < -0.4 is 0 Å². The SMILES string of the molecule is O=C(OCc1csc(-c2ccccc2Cl)n1)C1CCN(C(=O)c2ccco2)CC1. The number of nitrogens with zero attached hydrogens (tertiary/aromatic N) is 2. The molecule has 1 aliphatic heterocycles. The van der Waals surface area contributed by atoms with E-state index in [9.17, 15) is 9.59 Å². The number of rotatable bonds is 5. The molecule has 1 saturated heterocycles. The molecule has 0 spiro atoms. The smallest absolute Gasteiger partial charge is 0.309 e. The van der Waals surface area contributed by atoms with E-state index < -0.39 is 0 Å². The van der Waals surface area contributed by atoms with E-state index in [4.69, 9.17) is 20.8 Å². The number of amides is 1. The second kappa shape index (κ2) is 8.80. The molecule has 1 aliphatic rings. The van der Waals surface area contributed by atoms with Crippen LogP contribution >= 0.6 is 22.9 Å². The molecule has 2 aromatic heterocycles. The van der Waals surface area contributed by atoms with Gasteiger partial charge in [-0.2, -0.15) is 0 Å². The Bertz CT molecular complexity index is 994. The zero-order valence-electron chi connectivity index (χ0n) is 15.5. The van der Waals surface area contributed by atoms with Gasteiger partial charge in [0.05, 0.1) is 22.9 Å². The lowest BCUT2D eigenvalue weighted by atomic mass is 9.97. The van der Waals surface area contributed by atoms with Gasteiger partial charge in [-0.25, -0.2) is 4.98 Å². The highest BCUT2D eigenvalue weighted by molar-refractivity contribution is 7.13. The average molecular weight is 431 g/mol. The summed E-state index contributed by atoms with van der Waals surface area (Å²) in [5.74, 6) is -0.278. The molecule has 0 unspecified atom stereocenters. The second-order valence-electron chi connectivity index (χ2n) is 6.78. The molecule has 3 aromatic rings. The maximum Gasteiger partial charge on any atom is 0.309 e. The number of likely N-dealkylation sites (tertiary alicyclic amines) is 1.